The summed E-state index contributed by atoms with van der Waals surface area (Å²) >= 11 is 0. The third-order valence-electron chi connectivity index (χ3n) is 2.98. The van der Waals surface area contributed by atoms with Crippen LogP contribution in [-0.4, -0.2) is 6.18 Å². The lowest BCUT2D eigenvalue weighted by Gasteiger charge is -2.06. The molecular weight excluding hydrogens is 273 g/mol. The van der Waals surface area contributed by atoms with E-state index in [4.69, 9.17) is 0 Å². The van der Waals surface area contributed by atoms with Crippen molar-refractivity contribution in [3.05, 3.63) is 71.3 Å². The van der Waals surface area contributed by atoms with Crippen LogP contribution in [0.15, 0.2) is 54.6 Å². The Kier molecular flexibility index (Phi) is 5.05. The van der Waals surface area contributed by atoms with E-state index in [1.165, 1.54) is 0 Å². The molecule has 0 unspecified atom stereocenters. The van der Waals surface area contributed by atoms with Crippen LogP contribution in [0.1, 0.15) is 29.5 Å². The van der Waals surface area contributed by atoms with Gasteiger partial charge >= 0.3 is 6.18 Å². The molecule has 0 amide bonds. The van der Waals surface area contributed by atoms with Gasteiger partial charge in [0.1, 0.15) is 0 Å². The zero-order chi connectivity index (χ0) is 15.1. The van der Waals surface area contributed by atoms with Crippen LogP contribution in [0, 0.1) is 11.8 Å². The van der Waals surface area contributed by atoms with Crippen molar-refractivity contribution in [1.82, 2.24) is 0 Å². The maximum absolute atomic E-state index is 12.1. The van der Waals surface area contributed by atoms with Gasteiger partial charge in [-0.25, -0.2) is 0 Å². The summed E-state index contributed by atoms with van der Waals surface area (Å²) in [5.41, 5.74) is 2.63. The molecule has 0 aliphatic heterocycles. The lowest BCUT2D eigenvalue weighted by atomic mass is 10.0. The molecular formula is C18H15F3. The summed E-state index contributed by atoms with van der Waals surface area (Å²) in [6, 6.07) is 17.0. The molecule has 0 radical (unpaired) electrons. The Bertz CT molecular complexity index is 631. The molecule has 0 heterocycles. The van der Waals surface area contributed by atoms with Crippen molar-refractivity contribution in [2.45, 2.75) is 25.4 Å². The minimum atomic E-state index is -4.08. The van der Waals surface area contributed by atoms with Crippen molar-refractivity contribution in [3.8, 4) is 11.8 Å². The highest BCUT2D eigenvalue weighted by molar-refractivity contribution is 5.43. The highest BCUT2D eigenvalue weighted by Gasteiger charge is 2.25. The van der Waals surface area contributed by atoms with Crippen LogP contribution in [0.4, 0.5) is 13.2 Å². The molecule has 21 heavy (non-hydrogen) atoms. The molecule has 0 saturated heterocycles. The second-order valence-corrected chi connectivity index (χ2v) is 4.79. The number of halogens is 3. The summed E-state index contributed by atoms with van der Waals surface area (Å²) in [5, 5.41) is 0. The van der Waals surface area contributed by atoms with E-state index in [-0.39, 0.29) is 6.42 Å². The molecule has 0 nitrogen and oxygen atoms in total. The minimum Gasteiger partial charge on any atom is -0.171 e. The molecule has 0 atom stereocenters. The van der Waals surface area contributed by atoms with Gasteiger partial charge in [-0.3, -0.25) is 0 Å². The fourth-order valence-electron chi connectivity index (χ4n) is 1.96. The maximum Gasteiger partial charge on any atom is 0.389 e. The average molecular weight is 288 g/mol. The Morgan fingerprint density at radius 1 is 0.810 bits per heavy atom. The third kappa shape index (κ3) is 5.74. The second-order valence-electron chi connectivity index (χ2n) is 4.79. The molecule has 0 aliphatic carbocycles. The topological polar surface area (TPSA) is 0 Å². The van der Waals surface area contributed by atoms with E-state index in [9.17, 15) is 13.2 Å². The van der Waals surface area contributed by atoms with E-state index in [0.717, 1.165) is 16.7 Å². The Morgan fingerprint density at radius 3 is 2.19 bits per heavy atom. The van der Waals surface area contributed by atoms with Gasteiger partial charge in [-0.2, -0.15) is 13.2 Å². The average Bonchev–Trinajstić information content (AvgIpc) is 2.45. The van der Waals surface area contributed by atoms with Crippen molar-refractivity contribution >= 4 is 0 Å². The van der Waals surface area contributed by atoms with Gasteiger partial charge in [0.05, 0.1) is 0 Å². The maximum atomic E-state index is 12.1. The molecule has 3 heteroatoms. The molecule has 0 fully saturated rings. The van der Waals surface area contributed by atoms with E-state index in [1.807, 2.05) is 54.6 Å². The highest BCUT2D eigenvalue weighted by Crippen LogP contribution is 2.22. The third-order valence-corrected chi connectivity index (χ3v) is 2.98. The summed E-state index contributed by atoms with van der Waals surface area (Å²) in [6.07, 6.45) is -4.29. The fourth-order valence-corrected chi connectivity index (χ4v) is 1.96. The van der Waals surface area contributed by atoms with E-state index < -0.39 is 12.6 Å². The van der Waals surface area contributed by atoms with Crippen molar-refractivity contribution in [1.29, 1.82) is 0 Å². The van der Waals surface area contributed by atoms with Crippen LogP contribution in [0.25, 0.3) is 0 Å². The first kappa shape index (κ1) is 15.2. The molecule has 2 aromatic carbocycles. The Hall–Kier alpha value is -2.21. The van der Waals surface area contributed by atoms with E-state index in [0.29, 0.717) is 6.42 Å². The summed E-state index contributed by atoms with van der Waals surface area (Å²) < 4.78 is 36.4. The van der Waals surface area contributed by atoms with Crippen molar-refractivity contribution in [2.24, 2.45) is 0 Å². The summed E-state index contributed by atoms with van der Waals surface area (Å²) in [4.78, 5) is 0. The van der Waals surface area contributed by atoms with E-state index in [2.05, 4.69) is 11.8 Å². The lowest BCUT2D eigenvalue weighted by Crippen LogP contribution is -2.07. The van der Waals surface area contributed by atoms with Gasteiger partial charge in [-0.15, -0.1) is 0 Å². The largest absolute Gasteiger partial charge is 0.389 e. The standard InChI is InChI=1S/C18H15F3/c19-18(20,21)13-5-10-16-8-4-9-17(14-16)12-11-15-6-2-1-3-7-15/h1-4,6-9,14H,5,10,13H2. The van der Waals surface area contributed by atoms with Gasteiger partial charge in [-0.1, -0.05) is 42.2 Å². The first-order chi connectivity index (χ1) is 10.0. The molecule has 0 saturated carbocycles. The number of aryl methyl sites for hydroxylation is 1. The fraction of sp³-hybridized carbons (Fsp3) is 0.222. The van der Waals surface area contributed by atoms with E-state index >= 15 is 0 Å². The van der Waals surface area contributed by atoms with Gasteiger partial charge in [0.2, 0.25) is 0 Å². The smallest absolute Gasteiger partial charge is 0.171 e. The molecule has 2 rings (SSSR count). The molecule has 0 N–H and O–H groups in total. The second kappa shape index (κ2) is 6.99. The van der Waals surface area contributed by atoms with Gasteiger partial charge < -0.3 is 0 Å². The zero-order valence-electron chi connectivity index (χ0n) is 11.5. The number of benzene rings is 2. The van der Waals surface area contributed by atoms with Gasteiger partial charge in [0, 0.05) is 17.5 Å². The summed E-state index contributed by atoms with van der Waals surface area (Å²) in [7, 11) is 0. The van der Waals surface area contributed by atoms with Crippen molar-refractivity contribution < 1.29 is 13.2 Å². The predicted molar refractivity (Wildman–Crippen MR) is 77.9 cm³/mol. The number of hydrogen-bond acceptors (Lipinski definition) is 0. The van der Waals surface area contributed by atoms with Crippen LogP contribution in [0.3, 0.4) is 0 Å². The van der Waals surface area contributed by atoms with Crippen LogP contribution in [0.5, 0.6) is 0 Å². The number of hydrogen-bond donors (Lipinski definition) is 0. The summed E-state index contributed by atoms with van der Waals surface area (Å²) in [5.74, 6) is 6.07. The molecule has 108 valence electrons. The molecule has 0 spiro atoms. The Labute approximate surface area is 122 Å². The number of rotatable bonds is 3. The number of alkyl halides is 3. The van der Waals surface area contributed by atoms with Gasteiger partial charge in [0.15, 0.2) is 0 Å². The molecule has 0 bridgehead atoms. The lowest BCUT2D eigenvalue weighted by molar-refractivity contribution is -0.135. The van der Waals surface area contributed by atoms with Crippen LogP contribution >= 0.6 is 0 Å². The highest BCUT2D eigenvalue weighted by atomic mass is 19.4. The monoisotopic (exact) mass is 288 g/mol. The van der Waals surface area contributed by atoms with Crippen LogP contribution in [0.2, 0.25) is 0 Å². The molecule has 0 aromatic heterocycles. The quantitative estimate of drug-likeness (QED) is 0.699. The van der Waals surface area contributed by atoms with Crippen molar-refractivity contribution in [2.75, 3.05) is 0 Å². The first-order valence-electron chi connectivity index (χ1n) is 6.76. The Morgan fingerprint density at radius 2 is 1.48 bits per heavy atom. The molecule has 0 aliphatic rings. The van der Waals surface area contributed by atoms with Gasteiger partial charge in [0.25, 0.3) is 0 Å². The molecule has 2 aromatic rings. The van der Waals surface area contributed by atoms with Crippen LogP contribution < -0.4 is 0 Å². The normalized spacial score (nSPS) is 10.8. The van der Waals surface area contributed by atoms with E-state index in [1.54, 1.807) is 0 Å². The first-order valence-corrected chi connectivity index (χ1v) is 6.76. The Balaban J connectivity index is 2.00. The zero-order valence-corrected chi connectivity index (χ0v) is 11.5. The SMILES string of the molecule is FC(F)(F)CCCc1cccc(C#Cc2ccccc2)c1. The summed E-state index contributed by atoms with van der Waals surface area (Å²) in [6.45, 7) is 0. The van der Waals surface area contributed by atoms with Crippen molar-refractivity contribution in [3.63, 3.8) is 0 Å². The van der Waals surface area contributed by atoms with Crippen LogP contribution in [-0.2, 0) is 6.42 Å². The van der Waals surface area contributed by atoms with Gasteiger partial charge in [-0.05, 0) is 42.7 Å². The minimum absolute atomic E-state index is 0.110. The predicted octanol–water partition coefficient (Wildman–Crippen LogP) is 4.97.